The molecule has 0 bridgehead atoms. The van der Waals surface area contributed by atoms with Crippen LogP contribution in [-0.4, -0.2) is 28.7 Å². The minimum absolute atomic E-state index is 0.0182. The maximum Gasteiger partial charge on any atom is 0.246 e. The van der Waals surface area contributed by atoms with Gasteiger partial charge in [-0.15, -0.1) is 0 Å². The number of hydrogen-bond donors (Lipinski definition) is 2. The Hall–Kier alpha value is -2.96. The Bertz CT molecular complexity index is 757. The zero-order valence-electron chi connectivity index (χ0n) is 12.3. The summed E-state index contributed by atoms with van der Waals surface area (Å²) in [6, 6.07) is 7.42. The van der Waals surface area contributed by atoms with Crippen LogP contribution < -0.4 is 15.5 Å². The zero-order chi connectivity index (χ0) is 15.5. The van der Waals surface area contributed by atoms with Crippen LogP contribution in [0.1, 0.15) is 18.1 Å². The number of aromatic nitrogens is 2. The highest BCUT2D eigenvalue weighted by Crippen LogP contribution is 2.24. The molecule has 0 saturated carbocycles. The van der Waals surface area contributed by atoms with E-state index in [1.165, 1.54) is 0 Å². The number of amides is 1. The first-order valence-electron chi connectivity index (χ1n) is 6.76. The van der Waals surface area contributed by atoms with Gasteiger partial charge in [0.05, 0.1) is 19.2 Å². The van der Waals surface area contributed by atoms with Crippen LogP contribution in [0, 0.1) is 0 Å². The molecule has 1 aromatic heterocycles. The number of nitrogens with zero attached hydrogens (tertiary/aromatic N) is 3. The predicted molar refractivity (Wildman–Crippen MR) is 83.2 cm³/mol. The van der Waals surface area contributed by atoms with Gasteiger partial charge in [-0.2, -0.15) is 10.1 Å². The Morgan fingerprint density at radius 1 is 1.41 bits per heavy atom. The summed E-state index contributed by atoms with van der Waals surface area (Å²) in [5.74, 6) is 0.842. The first-order valence-corrected chi connectivity index (χ1v) is 6.76. The molecule has 22 heavy (non-hydrogen) atoms. The van der Waals surface area contributed by atoms with Crippen LogP contribution in [0.15, 0.2) is 35.6 Å². The number of nitrogens with one attached hydrogen (secondary N) is 2. The van der Waals surface area contributed by atoms with Gasteiger partial charge in [-0.1, -0.05) is 6.07 Å². The van der Waals surface area contributed by atoms with Crippen LogP contribution in [0.3, 0.4) is 0 Å². The summed E-state index contributed by atoms with van der Waals surface area (Å²) in [4.78, 5) is 19.5. The molecule has 7 heteroatoms. The lowest BCUT2D eigenvalue weighted by Gasteiger charge is -2.05. The second-order valence-electron chi connectivity index (χ2n) is 4.83. The number of anilines is 2. The minimum atomic E-state index is 0.0182. The second kappa shape index (κ2) is 5.80. The molecule has 0 unspecified atom stereocenters. The van der Waals surface area contributed by atoms with Crippen molar-refractivity contribution in [1.82, 2.24) is 9.97 Å². The third-order valence-corrected chi connectivity index (χ3v) is 3.31. The van der Waals surface area contributed by atoms with Crippen molar-refractivity contribution in [2.75, 3.05) is 17.9 Å². The normalized spacial score (nSPS) is 13.5. The van der Waals surface area contributed by atoms with Gasteiger partial charge < -0.3 is 10.1 Å². The highest BCUT2D eigenvalue weighted by atomic mass is 16.5. The van der Waals surface area contributed by atoms with Crippen LogP contribution in [0.25, 0.3) is 0 Å². The van der Waals surface area contributed by atoms with Crippen LogP contribution in [0.4, 0.5) is 11.6 Å². The smallest absolute Gasteiger partial charge is 0.246 e. The molecule has 0 radical (unpaired) electrons. The summed E-state index contributed by atoms with van der Waals surface area (Å²) in [6.07, 6.45) is 1.99. The average Bonchev–Trinajstić information content (AvgIpc) is 2.91. The number of hydrazone groups is 1. The molecule has 1 aliphatic heterocycles. The molecule has 7 nitrogen and oxygen atoms in total. The van der Waals surface area contributed by atoms with E-state index in [0.717, 1.165) is 22.5 Å². The quantitative estimate of drug-likeness (QED) is 0.664. The van der Waals surface area contributed by atoms with E-state index in [1.807, 2.05) is 25.1 Å². The molecule has 0 aliphatic carbocycles. The zero-order valence-corrected chi connectivity index (χ0v) is 12.3. The van der Waals surface area contributed by atoms with Crippen molar-refractivity contribution in [1.29, 1.82) is 0 Å². The number of rotatable bonds is 4. The topological polar surface area (TPSA) is 88.5 Å². The predicted octanol–water partition coefficient (Wildman–Crippen LogP) is 1.82. The summed E-state index contributed by atoms with van der Waals surface area (Å²) in [5.41, 5.74) is 6.35. The van der Waals surface area contributed by atoms with Crippen molar-refractivity contribution in [3.8, 4) is 5.88 Å². The summed E-state index contributed by atoms with van der Waals surface area (Å²) < 4.78 is 5.03. The van der Waals surface area contributed by atoms with E-state index in [1.54, 1.807) is 19.4 Å². The number of carbonyl (C=O) groups excluding carboxylic acids is 1. The van der Waals surface area contributed by atoms with Gasteiger partial charge in [-0.05, 0) is 30.2 Å². The minimum Gasteiger partial charge on any atom is -0.481 e. The van der Waals surface area contributed by atoms with Gasteiger partial charge in [0.25, 0.3) is 0 Å². The van der Waals surface area contributed by atoms with E-state index in [-0.39, 0.29) is 5.91 Å². The van der Waals surface area contributed by atoms with E-state index in [0.29, 0.717) is 18.2 Å². The molecule has 2 N–H and O–H groups in total. The van der Waals surface area contributed by atoms with Crippen molar-refractivity contribution in [3.63, 3.8) is 0 Å². The molecule has 1 aliphatic rings. The Morgan fingerprint density at radius 2 is 2.27 bits per heavy atom. The van der Waals surface area contributed by atoms with Crippen molar-refractivity contribution in [2.24, 2.45) is 5.10 Å². The molecule has 1 aromatic carbocycles. The third kappa shape index (κ3) is 2.88. The molecular formula is C15H15N5O2. The Balaban J connectivity index is 1.77. The molecule has 0 spiro atoms. The third-order valence-electron chi connectivity index (χ3n) is 3.31. The van der Waals surface area contributed by atoms with Crippen molar-refractivity contribution in [2.45, 2.75) is 13.3 Å². The maximum atomic E-state index is 11.4. The van der Waals surface area contributed by atoms with E-state index >= 15 is 0 Å². The number of methoxy groups -OCH3 is 1. The van der Waals surface area contributed by atoms with Gasteiger partial charge >= 0.3 is 0 Å². The monoisotopic (exact) mass is 297 g/mol. The van der Waals surface area contributed by atoms with E-state index in [2.05, 4.69) is 25.8 Å². The van der Waals surface area contributed by atoms with Crippen LogP contribution in [0.5, 0.6) is 5.88 Å². The second-order valence-corrected chi connectivity index (χ2v) is 4.83. The standard InChI is InChI=1S/C15H15N5O2/c1-9(19-20-15-16-6-5-14(18-15)22-2)10-3-4-12-11(7-10)8-13(21)17-12/h3-7H,8H2,1-2H3,(H,17,21)(H,16,18,20). The number of ether oxygens (including phenoxy) is 1. The fourth-order valence-corrected chi connectivity index (χ4v) is 2.16. The molecule has 0 atom stereocenters. The summed E-state index contributed by atoms with van der Waals surface area (Å²) in [5, 5.41) is 7.07. The Morgan fingerprint density at radius 3 is 3.09 bits per heavy atom. The van der Waals surface area contributed by atoms with Crippen molar-refractivity contribution >= 4 is 23.3 Å². The number of carbonyl (C=O) groups is 1. The maximum absolute atomic E-state index is 11.4. The van der Waals surface area contributed by atoms with Crippen molar-refractivity contribution in [3.05, 3.63) is 41.6 Å². The van der Waals surface area contributed by atoms with Crippen LogP contribution in [0.2, 0.25) is 0 Å². The van der Waals surface area contributed by atoms with Gasteiger partial charge in [0.15, 0.2) is 0 Å². The lowest BCUT2D eigenvalue weighted by molar-refractivity contribution is -0.115. The van der Waals surface area contributed by atoms with Crippen molar-refractivity contribution < 1.29 is 9.53 Å². The van der Waals surface area contributed by atoms with E-state index in [4.69, 9.17) is 4.74 Å². The molecule has 3 rings (SSSR count). The van der Waals surface area contributed by atoms with Gasteiger partial charge in [0.1, 0.15) is 0 Å². The lowest BCUT2D eigenvalue weighted by Crippen LogP contribution is -2.03. The first-order chi connectivity index (χ1) is 10.7. The molecule has 2 aromatic rings. The molecule has 0 fully saturated rings. The highest BCUT2D eigenvalue weighted by molar-refractivity contribution is 6.03. The fraction of sp³-hybridized carbons (Fsp3) is 0.200. The number of benzene rings is 1. The fourth-order valence-electron chi connectivity index (χ4n) is 2.16. The van der Waals surface area contributed by atoms with E-state index < -0.39 is 0 Å². The van der Waals surface area contributed by atoms with Crippen LogP contribution >= 0.6 is 0 Å². The van der Waals surface area contributed by atoms with Gasteiger partial charge in [-0.3, -0.25) is 4.79 Å². The summed E-state index contributed by atoms with van der Waals surface area (Å²) in [6.45, 7) is 1.87. The van der Waals surface area contributed by atoms with E-state index in [9.17, 15) is 4.79 Å². The van der Waals surface area contributed by atoms with Gasteiger partial charge in [0.2, 0.25) is 17.7 Å². The molecule has 2 heterocycles. The summed E-state index contributed by atoms with van der Waals surface area (Å²) >= 11 is 0. The summed E-state index contributed by atoms with van der Waals surface area (Å²) in [7, 11) is 1.54. The Kier molecular flexibility index (Phi) is 3.69. The molecule has 1 amide bonds. The number of fused-ring (bicyclic) bond motifs is 1. The molecular weight excluding hydrogens is 282 g/mol. The highest BCUT2D eigenvalue weighted by Gasteiger charge is 2.17. The lowest BCUT2D eigenvalue weighted by atomic mass is 10.1. The average molecular weight is 297 g/mol. The van der Waals surface area contributed by atoms with Gasteiger partial charge in [0, 0.05) is 18.0 Å². The largest absolute Gasteiger partial charge is 0.481 e. The first kappa shape index (κ1) is 14.0. The SMILES string of the molecule is COc1ccnc(NN=C(C)c2ccc3c(c2)CC(=O)N3)n1. The number of hydrogen-bond acceptors (Lipinski definition) is 6. The van der Waals surface area contributed by atoms with Crippen LogP contribution in [-0.2, 0) is 11.2 Å². The van der Waals surface area contributed by atoms with Gasteiger partial charge in [-0.25, -0.2) is 10.4 Å². The Labute approximate surface area is 127 Å². The molecule has 112 valence electrons. The molecule has 0 saturated heterocycles.